The van der Waals surface area contributed by atoms with Crippen LogP contribution in [0, 0.1) is 0 Å². The Morgan fingerprint density at radius 3 is 1.12 bits per heavy atom. The highest BCUT2D eigenvalue weighted by Crippen LogP contribution is 2.38. The molecule has 0 amide bonds. The van der Waals surface area contributed by atoms with Crippen molar-refractivity contribution in [1.29, 1.82) is 0 Å². The Kier molecular flexibility index (Phi) is 13.7. The van der Waals surface area contributed by atoms with E-state index in [0.717, 1.165) is 27.8 Å². The molecule has 5 aromatic carbocycles. The van der Waals surface area contributed by atoms with E-state index in [4.69, 9.17) is 10.8 Å². The average molecular weight is 549 g/mol. The molecule has 0 bridgehead atoms. The third-order valence-corrected chi connectivity index (χ3v) is 6.82. The summed E-state index contributed by atoms with van der Waals surface area (Å²) in [6, 6.07) is 50.6. The minimum Gasteiger partial charge on any atom is -0.394 e. The standard InChI is InChI=1S/C27H25NO.C8H11NO.2CH4/c29-21-26(22-13-5-1-6-14-22)28-27(23-15-7-2-8-16-23,24-17-9-3-10-18-24)25-19-11-4-12-20-25;9-8(6-10)7-4-2-1-3-5-7;;/h1-20,26,28-29H,21H2;1-5,8,10H,6,9H2;2*1H4/t26-;8-;;/m11../s1. The van der Waals surface area contributed by atoms with E-state index in [1.807, 2.05) is 66.7 Å². The molecule has 4 heteroatoms. The minimum atomic E-state index is -0.604. The predicted octanol–water partition coefficient (Wildman–Crippen LogP) is 7.25. The number of rotatable bonds is 9. The number of aliphatic hydroxyl groups is 2. The highest BCUT2D eigenvalue weighted by molar-refractivity contribution is 5.50. The van der Waals surface area contributed by atoms with Gasteiger partial charge in [-0.05, 0) is 27.8 Å². The summed E-state index contributed by atoms with van der Waals surface area (Å²) in [6.07, 6.45) is 0. The second-order valence-electron chi connectivity index (χ2n) is 9.34. The third kappa shape index (κ3) is 8.23. The topological polar surface area (TPSA) is 78.5 Å². The van der Waals surface area contributed by atoms with Crippen molar-refractivity contribution in [2.45, 2.75) is 32.5 Å². The van der Waals surface area contributed by atoms with E-state index < -0.39 is 5.54 Å². The molecule has 0 saturated carbocycles. The fraction of sp³-hybridized carbons (Fsp3) is 0.189. The van der Waals surface area contributed by atoms with E-state index in [1.54, 1.807) is 0 Å². The maximum atomic E-state index is 10.3. The zero-order valence-electron chi connectivity index (χ0n) is 22.0. The van der Waals surface area contributed by atoms with Crippen LogP contribution in [-0.4, -0.2) is 23.4 Å². The number of nitrogens with one attached hydrogen (secondary N) is 1. The molecule has 214 valence electrons. The van der Waals surface area contributed by atoms with Crippen LogP contribution in [-0.2, 0) is 5.54 Å². The smallest absolute Gasteiger partial charge is 0.0953 e. The number of hydrogen-bond donors (Lipinski definition) is 4. The van der Waals surface area contributed by atoms with Crippen LogP contribution < -0.4 is 11.1 Å². The van der Waals surface area contributed by atoms with Gasteiger partial charge >= 0.3 is 0 Å². The summed E-state index contributed by atoms with van der Waals surface area (Å²) in [5.74, 6) is 0. The molecule has 0 radical (unpaired) electrons. The Balaban J connectivity index is 0.000000418. The van der Waals surface area contributed by atoms with E-state index in [-0.39, 0.29) is 40.2 Å². The summed E-state index contributed by atoms with van der Waals surface area (Å²) in [6.45, 7) is 0.00226. The Morgan fingerprint density at radius 1 is 0.488 bits per heavy atom. The monoisotopic (exact) mass is 548 g/mol. The molecule has 4 nitrogen and oxygen atoms in total. The second-order valence-corrected chi connectivity index (χ2v) is 9.34. The lowest BCUT2D eigenvalue weighted by molar-refractivity contribution is 0.223. The Morgan fingerprint density at radius 2 is 0.805 bits per heavy atom. The van der Waals surface area contributed by atoms with Crippen molar-refractivity contribution in [3.63, 3.8) is 0 Å². The molecule has 0 unspecified atom stereocenters. The molecule has 41 heavy (non-hydrogen) atoms. The van der Waals surface area contributed by atoms with E-state index in [2.05, 4.69) is 90.2 Å². The van der Waals surface area contributed by atoms with Gasteiger partial charge in [0.15, 0.2) is 0 Å². The van der Waals surface area contributed by atoms with Crippen molar-refractivity contribution in [3.8, 4) is 0 Å². The highest BCUT2D eigenvalue weighted by atomic mass is 16.3. The molecule has 0 aliphatic carbocycles. The quantitative estimate of drug-likeness (QED) is 0.146. The number of aliphatic hydroxyl groups excluding tert-OH is 2. The lowest BCUT2D eigenvalue weighted by Crippen LogP contribution is -2.47. The zero-order valence-corrected chi connectivity index (χ0v) is 22.0. The van der Waals surface area contributed by atoms with Crippen molar-refractivity contribution < 1.29 is 10.2 Å². The molecule has 0 saturated heterocycles. The van der Waals surface area contributed by atoms with Crippen LogP contribution in [0.4, 0.5) is 0 Å². The lowest BCUT2D eigenvalue weighted by Gasteiger charge is -2.40. The van der Waals surface area contributed by atoms with Crippen molar-refractivity contribution in [2.75, 3.05) is 13.2 Å². The van der Waals surface area contributed by atoms with Gasteiger partial charge in [-0.1, -0.05) is 167 Å². The normalized spacial score (nSPS) is 12.0. The SMILES string of the molecule is C.C.N[C@H](CO)c1ccccc1.OC[C@@H](NC(c1ccccc1)(c1ccccc1)c1ccccc1)c1ccccc1. The molecule has 0 heterocycles. The first-order valence-corrected chi connectivity index (χ1v) is 13.2. The summed E-state index contributed by atoms with van der Waals surface area (Å²) >= 11 is 0. The van der Waals surface area contributed by atoms with Crippen molar-refractivity contribution in [1.82, 2.24) is 5.32 Å². The van der Waals surface area contributed by atoms with Crippen LogP contribution in [0.25, 0.3) is 0 Å². The van der Waals surface area contributed by atoms with Gasteiger partial charge in [0.25, 0.3) is 0 Å². The van der Waals surface area contributed by atoms with Gasteiger partial charge in [0.2, 0.25) is 0 Å². The van der Waals surface area contributed by atoms with E-state index in [0.29, 0.717) is 0 Å². The summed E-state index contributed by atoms with van der Waals surface area (Å²) in [5, 5.41) is 22.8. The van der Waals surface area contributed by atoms with Crippen LogP contribution in [0.15, 0.2) is 152 Å². The molecular formula is C37H44N2O2. The number of benzene rings is 5. The first-order chi connectivity index (χ1) is 19.2. The van der Waals surface area contributed by atoms with Gasteiger partial charge in [0, 0.05) is 0 Å². The second kappa shape index (κ2) is 16.9. The summed E-state index contributed by atoms with van der Waals surface area (Å²) < 4.78 is 0. The fourth-order valence-corrected chi connectivity index (χ4v) is 4.80. The highest BCUT2D eigenvalue weighted by Gasteiger charge is 2.38. The van der Waals surface area contributed by atoms with E-state index in [9.17, 15) is 5.11 Å². The Bertz CT molecular complexity index is 1250. The van der Waals surface area contributed by atoms with Gasteiger partial charge in [-0.15, -0.1) is 0 Å². The van der Waals surface area contributed by atoms with Crippen molar-refractivity contribution in [3.05, 3.63) is 179 Å². The first kappa shape index (κ1) is 33.1. The van der Waals surface area contributed by atoms with Gasteiger partial charge < -0.3 is 15.9 Å². The van der Waals surface area contributed by atoms with Gasteiger partial charge in [-0.2, -0.15) is 0 Å². The van der Waals surface area contributed by atoms with Crippen LogP contribution in [0.2, 0.25) is 0 Å². The molecule has 0 aliphatic heterocycles. The van der Waals surface area contributed by atoms with Gasteiger partial charge in [0.1, 0.15) is 0 Å². The molecule has 5 rings (SSSR count). The molecular weight excluding hydrogens is 504 g/mol. The maximum Gasteiger partial charge on any atom is 0.0953 e. The molecule has 2 atom stereocenters. The fourth-order valence-electron chi connectivity index (χ4n) is 4.80. The van der Waals surface area contributed by atoms with Crippen LogP contribution in [0.1, 0.15) is 54.8 Å². The molecule has 0 aliphatic rings. The van der Waals surface area contributed by atoms with Crippen molar-refractivity contribution >= 4 is 0 Å². The van der Waals surface area contributed by atoms with Gasteiger partial charge in [0.05, 0.1) is 30.8 Å². The van der Waals surface area contributed by atoms with E-state index >= 15 is 0 Å². The van der Waals surface area contributed by atoms with Gasteiger partial charge in [-0.3, -0.25) is 5.32 Å². The minimum absolute atomic E-state index is 0. The first-order valence-electron chi connectivity index (χ1n) is 13.2. The van der Waals surface area contributed by atoms with Crippen LogP contribution >= 0.6 is 0 Å². The lowest BCUT2D eigenvalue weighted by atomic mass is 9.76. The number of hydrogen-bond acceptors (Lipinski definition) is 4. The maximum absolute atomic E-state index is 10.3. The largest absolute Gasteiger partial charge is 0.394 e. The molecule has 0 spiro atoms. The van der Waals surface area contributed by atoms with Crippen LogP contribution in [0.3, 0.4) is 0 Å². The number of nitrogens with two attached hydrogens (primary N) is 1. The summed E-state index contributed by atoms with van der Waals surface area (Å²) in [7, 11) is 0. The van der Waals surface area contributed by atoms with Crippen molar-refractivity contribution in [2.24, 2.45) is 5.73 Å². The van der Waals surface area contributed by atoms with Crippen LogP contribution in [0.5, 0.6) is 0 Å². The zero-order chi connectivity index (χ0) is 27.3. The summed E-state index contributed by atoms with van der Waals surface area (Å²) in [4.78, 5) is 0. The van der Waals surface area contributed by atoms with E-state index in [1.165, 1.54) is 0 Å². The Hall–Kier alpha value is -4.06. The molecule has 5 aromatic rings. The van der Waals surface area contributed by atoms with Gasteiger partial charge in [-0.25, -0.2) is 0 Å². The summed E-state index contributed by atoms with van der Waals surface area (Å²) in [5.41, 5.74) is 10.4. The Labute approximate surface area is 246 Å². The third-order valence-electron chi connectivity index (χ3n) is 6.82. The predicted molar refractivity (Wildman–Crippen MR) is 173 cm³/mol. The molecule has 5 N–H and O–H groups in total. The average Bonchev–Trinajstić information content (AvgIpc) is 3.04. The molecule has 0 aromatic heterocycles. The molecule has 0 fully saturated rings.